The lowest BCUT2D eigenvalue weighted by molar-refractivity contribution is -0.146. The molecular formula is C22H20N2O5S. The van der Waals surface area contributed by atoms with Gasteiger partial charge in [-0.05, 0) is 43.4 Å². The van der Waals surface area contributed by atoms with Crippen LogP contribution in [-0.4, -0.2) is 25.6 Å². The summed E-state index contributed by atoms with van der Waals surface area (Å²) in [4.78, 5) is 25.6. The standard InChI is InChI=1S/C22H20N2O5S/c1-27-14-6-7-15-13(11-28-18(15)9-14)8-21(26)29-12-20(25)24-22-17(10-23)16-4-2-3-5-19(16)30-22/h6-7,9,11H,2-5,8,12H2,1H3,(H,24,25). The normalized spacial score (nSPS) is 12.8. The van der Waals surface area contributed by atoms with Crippen LogP contribution in [0.3, 0.4) is 0 Å². The number of esters is 1. The van der Waals surface area contributed by atoms with E-state index in [1.165, 1.54) is 17.6 Å². The van der Waals surface area contributed by atoms with E-state index in [0.717, 1.165) is 41.5 Å². The Labute approximate surface area is 177 Å². The maximum absolute atomic E-state index is 12.3. The van der Waals surface area contributed by atoms with Crippen molar-refractivity contribution in [2.45, 2.75) is 32.1 Å². The fourth-order valence-corrected chi connectivity index (χ4v) is 4.87. The number of methoxy groups -OCH3 is 1. The first-order valence-electron chi connectivity index (χ1n) is 9.63. The Morgan fingerprint density at radius 1 is 1.30 bits per heavy atom. The van der Waals surface area contributed by atoms with E-state index in [1.807, 2.05) is 6.07 Å². The van der Waals surface area contributed by atoms with Crippen LogP contribution in [0.5, 0.6) is 5.75 Å². The highest BCUT2D eigenvalue weighted by atomic mass is 32.1. The molecule has 0 spiro atoms. The summed E-state index contributed by atoms with van der Waals surface area (Å²) in [6.07, 6.45) is 5.44. The molecule has 0 fully saturated rings. The highest BCUT2D eigenvalue weighted by Crippen LogP contribution is 2.37. The summed E-state index contributed by atoms with van der Waals surface area (Å²) in [6.45, 7) is -0.407. The van der Waals surface area contributed by atoms with Gasteiger partial charge in [-0.1, -0.05) is 0 Å². The third-order valence-corrected chi connectivity index (χ3v) is 6.31. The second kappa shape index (κ2) is 8.59. The van der Waals surface area contributed by atoms with Crippen LogP contribution >= 0.6 is 11.3 Å². The zero-order valence-electron chi connectivity index (χ0n) is 16.4. The highest BCUT2D eigenvalue weighted by molar-refractivity contribution is 7.16. The molecular weight excluding hydrogens is 404 g/mol. The molecule has 7 nitrogen and oxygen atoms in total. The van der Waals surface area contributed by atoms with Crippen molar-refractivity contribution in [1.29, 1.82) is 5.26 Å². The van der Waals surface area contributed by atoms with Crippen LogP contribution in [0.2, 0.25) is 0 Å². The second-order valence-corrected chi connectivity index (χ2v) is 8.14. The molecule has 0 radical (unpaired) electrons. The molecule has 2 aromatic heterocycles. The summed E-state index contributed by atoms with van der Waals surface area (Å²) in [5.41, 5.74) is 2.87. The van der Waals surface area contributed by atoms with Crippen molar-refractivity contribution in [2.75, 3.05) is 19.0 Å². The minimum Gasteiger partial charge on any atom is -0.497 e. The fraction of sp³-hybridized carbons (Fsp3) is 0.318. The molecule has 8 heteroatoms. The van der Waals surface area contributed by atoms with Crippen molar-refractivity contribution in [1.82, 2.24) is 0 Å². The third-order valence-electron chi connectivity index (χ3n) is 5.10. The molecule has 0 saturated heterocycles. The molecule has 0 atom stereocenters. The molecule has 1 aliphatic rings. The van der Waals surface area contributed by atoms with Gasteiger partial charge in [0.2, 0.25) is 0 Å². The number of nitrogens with one attached hydrogen (secondary N) is 1. The van der Waals surface area contributed by atoms with Crippen molar-refractivity contribution >= 4 is 39.2 Å². The third kappa shape index (κ3) is 4.02. The first kappa shape index (κ1) is 20.0. The van der Waals surface area contributed by atoms with Crippen LogP contribution in [0.1, 0.15) is 34.4 Å². The van der Waals surface area contributed by atoms with Gasteiger partial charge in [0.1, 0.15) is 22.4 Å². The van der Waals surface area contributed by atoms with E-state index in [-0.39, 0.29) is 6.42 Å². The smallest absolute Gasteiger partial charge is 0.310 e. The lowest BCUT2D eigenvalue weighted by atomic mass is 9.96. The molecule has 2 heterocycles. The number of aryl methyl sites for hydroxylation is 1. The lowest BCUT2D eigenvalue weighted by Crippen LogP contribution is -2.21. The van der Waals surface area contributed by atoms with Gasteiger partial charge in [0, 0.05) is 21.9 Å². The molecule has 0 saturated carbocycles. The first-order chi connectivity index (χ1) is 14.6. The highest BCUT2D eigenvalue weighted by Gasteiger charge is 2.22. The number of benzene rings is 1. The average Bonchev–Trinajstić information content (AvgIpc) is 3.32. The van der Waals surface area contributed by atoms with Crippen LogP contribution in [0.4, 0.5) is 5.00 Å². The van der Waals surface area contributed by atoms with Crippen molar-refractivity contribution in [3.63, 3.8) is 0 Å². The van der Waals surface area contributed by atoms with E-state index >= 15 is 0 Å². The summed E-state index contributed by atoms with van der Waals surface area (Å²) in [5, 5.41) is 13.5. The Balaban J connectivity index is 1.35. The monoisotopic (exact) mass is 424 g/mol. The molecule has 1 aromatic carbocycles. The number of thiophene rings is 1. The first-order valence-corrected chi connectivity index (χ1v) is 10.4. The number of amides is 1. The molecule has 1 N–H and O–H groups in total. The summed E-state index contributed by atoms with van der Waals surface area (Å²) >= 11 is 1.44. The number of furan rings is 1. The number of nitriles is 1. The Bertz CT molecular complexity index is 1150. The number of nitrogens with zero attached hydrogens (tertiary/aromatic N) is 1. The molecule has 0 unspecified atom stereocenters. The van der Waals surface area contributed by atoms with Gasteiger partial charge in [0.15, 0.2) is 6.61 Å². The zero-order chi connectivity index (χ0) is 21.1. The predicted octanol–water partition coefficient (Wildman–Crippen LogP) is 3.98. The number of ether oxygens (including phenoxy) is 2. The van der Waals surface area contributed by atoms with E-state index < -0.39 is 18.5 Å². The Hall–Kier alpha value is -3.31. The molecule has 1 amide bonds. The van der Waals surface area contributed by atoms with Gasteiger partial charge in [-0.25, -0.2) is 0 Å². The maximum atomic E-state index is 12.3. The molecule has 1 aliphatic carbocycles. The minimum absolute atomic E-state index is 0.0106. The Morgan fingerprint density at radius 3 is 2.93 bits per heavy atom. The predicted molar refractivity (Wildman–Crippen MR) is 112 cm³/mol. The SMILES string of the molecule is COc1ccc2c(CC(=O)OCC(=O)Nc3sc4c(c3C#N)CCCC4)coc2c1. The molecule has 0 bridgehead atoms. The van der Waals surface area contributed by atoms with E-state index in [0.29, 0.717) is 27.5 Å². The average molecular weight is 424 g/mol. The summed E-state index contributed by atoms with van der Waals surface area (Å²) in [7, 11) is 1.57. The fourth-order valence-electron chi connectivity index (χ4n) is 3.61. The van der Waals surface area contributed by atoms with E-state index in [2.05, 4.69) is 11.4 Å². The Kier molecular flexibility index (Phi) is 5.72. The number of hydrogen-bond donors (Lipinski definition) is 1. The van der Waals surface area contributed by atoms with E-state index in [1.54, 1.807) is 19.2 Å². The molecule has 3 aromatic rings. The van der Waals surface area contributed by atoms with Crippen LogP contribution < -0.4 is 10.1 Å². The maximum Gasteiger partial charge on any atom is 0.310 e. The number of hydrogen-bond acceptors (Lipinski definition) is 7. The molecule has 4 rings (SSSR count). The number of carbonyl (C=O) groups excluding carboxylic acids is 2. The van der Waals surface area contributed by atoms with Crippen LogP contribution in [0, 0.1) is 11.3 Å². The topological polar surface area (TPSA) is 102 Å². The van der Waals surface area contributed by atoms with Crippen LogP contribution in [0.15, 0.2) is 28.9 Å². The molecule has 0 aliphatic heterocycles. The van der Waals surface area contributed by atoms with Crippen molar-refractivity contribution in [3.05, 3.63) is 46.0 Å². The molecule has 154 valence electrons. The number of anilines is 1. The summed E-state index contributed by atoms with van der Waals surface area (Å²) in [5.74, 6) is -0.329. The number of rotatable bonds is 6. The van der Waals surface area contributed by atoms with Crippen LogP contribution in [-0.2, 0) is 33.6 Å². The van der Waals surface area contributed by atoms with Crippen LogP contribution in [0.25, 0.3) is 11.0 Å². The number of carbonyl (C=O) groups is 2. The summed E-state index contributed by atoms with van der Waals surface area (Å²) in [6, 6.07) is 7.54. The second-order valence-electron chi connectivity index (χ2n) is 7.04. The summed E-state index contributed by atoms with van der Waals surface area (Å²) < 4.78 is 15.7. The van der Waals surface area contributed by atoms with Crippen molar-refractivity contribution in [2.24, 2.45) is 0 Å². The lowest BCUT2D eigenvalue weighted by Gasteiger charge is -2.09. The van der Waals surface area contributed by atoms with Gasteiger partial charge in [-0.3, -0.25) is 9.59 Å². The number of fused-ring (bicyclic) bond motifs is 2. The van der Waals surface area contributed by atoms with Gasteiger partial charge < -0.3 is 19.2 Å². The Morgan fingerprint density at radius 2 is 2.13 bits per heavy atom. The largest absolute Gasteiger partial charge is 0.497 e. The van der Waals surface area contributed by atoms with Gasteiger partial charge in [-0.2, -0.15) is 5.26 Å². The minimum atomic E-state index is -0.533. The van der Waals surface area contributed by atoms with E-state index in [4.69, 9.17) is 13.9 Å². The van der Waals surface area contributed by atoms with Crippen molar-refractivity contribution in [3.8, 4) is 11.8 Å². The van der Waals surface area contributed by atoms with Gasteiger partial charge in [-0.15, -0.1) is 11.3 Å². The van der Waals surface area contributed by atoms with Gasteiger partial charge in [0.05, 0.1) is 25.4 Å². The van der Waals surface area contributed by atoms with E-state index in [9.17, 15) is 14.9 Å². The molecule has 30 heavy (non-hydrogen) atoms. The van der Waals surface area contributed by atoms with Gasteiger partial charge >= 0.3 is 5.97 Å². The van der Waals surface area contributed by atoms with Crippen molar-refractivity contribution < 1.29 is 23.5 Å². The quantitative estimate of drug-likeness (QED) is 0.601. The zero-order valence-corrected chi connectivity index (χ0v) is 17.3. The van der Waals surface area contributed by atoms with Gasteiger partial charge in [0.25, 0.3) is 5.91 Å².